The molecule has 2 atom stereocenters. The Morgan fingerprint density at radius 3 is 2.82 bits per heavy atom. The van der Waals surface area contributed by atoms with Crippen LogP contribution >= 0.6 is 11.6 Å². The lowest BCUT2D eigenvalue weighted by Gasteiger charge is -2.11. The van der Waals surface area contributed by atoms with E-state index in [9.17, 15) is 4.21 Å². The van der Waals surface area contributed by atoms with E-state index in [0.717, 1.165) is 12.1 Å². The second-order valence-corrected chi connectivity index (χ2v) is 6.04. The monoisotopic (exact) mass is 270 g/mol. The average Bonchev–Trinajstić information content (AvgIpc) is 2.30. The van der Waals surface area contributed by atoms with Crippen molar-refractivity contribution >= 4 is 28.1 Å². The number of benzene rings is 1. The van der Waals surface area contributed by atoms with Crippen molar-refractivity contribution in [1.29, 1.82) is 5.26 Å². The molecule has 0 heterocycles. The third-order valence-electron chi connectivity index (χ3n) is 2.53. The summed E-state index contributed by atoms with van der Waals surface area (Å²) in [5.74, 6) is 0. The van der Waals surface area contributed by atoms with Crippen LogP contribution in [-0.2, 0) is 10.8 Å². The Bertz CT molecular complexity index is 456. The van der Waals surface area contributed by atoms with Crippen molar-refractivity contribution in [3.05, 3.63) is 28.8 Å². The zero-order valence-corrected chi connectivity index (χ0v) is 11.4. The van der Waals surface area contributed by atoms with Crippen LogP contribution in [-0.4, -0.2) is 22.3 Å². The van der Waals surface area contributed by atoms with E-state index in [0.29, 0.717) is 17.1 Å². The molecule has 0 spiro atoms. The van der Waals surface area contributed by atoms with Crippen molar-refractivity contribution in [1.82, 2.24) is 0 Å². The zero-order valence-electron chi connectivity index (χ0n) is 9.87. The van der Waals surface area contributed by atoms with Gasteiger partial charge in [0.25, 0.3) is 0 Å². The normalized spacial score (nSPS) is 13.8. The van der Waals surface area contributed by atoms with Crippen LogP contribution < -0.4 is 5.32 Å². The van der Waals surface area contributed by atoms with Crippen LogP contribution in [0.3, 0.4) is 0 Å². The maximum Gasteiger partial charge on any atom is 0.0992 e. The summed E-state index contributed by atoms with van der Waals surface area (Å²) in [5.41, 5.74) is 1.35. The van der Waals surface area contributed by atoms with Crippen LogP contribution in [0.4, 0.5) is 5.69 Å². The molecule has 0 aliphatic rings. The van der Waals surface area contributed by atoms with Gasteiger partial charge in [0.15, 0.2) is 0 Å². The van der Waals surface area contributed by atoms with Gasteiger partial charge in [0, 0.05) is 28.9 Å². The molecule has 0 aliphatic heterocycles. The molecule has 1 N–H and O–H groups in total. The van der Waals surface area contributed by atoms with Crippen molar-refractivity contribution in [2.24, 2.45) is 0 Å². The fraction of sp³-hybridized carbons (Fsp3) is 0.417. The molecule has 0 saturated heterocycles. The van der Waals surface area contributed by atoms with E-state index >= 15 is 0 Å². The van der Waals surface area contributed by atoms with Crippen LogP contribution in [0.25, 0.3) is 0 Å². The van der Waals surface area contributed by atoms with E-state index in [1.807, 2.05) is 13.0 Å². The molecule has 0 aromatic heterocycles. The molecule has 0 saturated carbocycles. The quantitative estimate of drug-likeness (QED) is 0.895. The van der Waals surface area contributed by atoms with Crippen molar-refractivity contribution in [2.45, 2.75) is 18.6 Å². The highest BCUT2D eigenvalue weighted by Gasteiger charge is 2.06. The van der Waals surface area contributed by atoms with Gasteiger partial charge in [-0.15, -0.1) is 0 Å². The molecule has 17 heavy (non-hydrogen) atoms. The Labute approximate surface area is 109 Å². The molecule has 0 bridgehead atoms. The predicted molar refractivity (Wildman–Crippen MR) is 72.8 cm³/mol. The van der Waals surface area contributed by atoms with Gasteiger partial charge in [-0.1, -0.05) is 18.5 Å². The minimum Gasteiger partial charge on any atom is -0.384 e. The van der Waals surface area contributed by atoms with E-state index in [1.54, 1.807) is 24.5 Å². The smallest absolute Gasteiger partial charge is 0.0992 e. The summed E-state index contributed by atoms with van der Waals surface area (Å²) in [6, 6.07) is 7.17. The number of nitrogens with zero attached hydrogens (tertiary/aromatic N) is 1. The Balaban J connectivity index is 2.53. The molecule has 1 aromatic rings. The molecule has 1 rings (SSSR count). The van der Waals surface area contributed by atoms with E-state index in [1.165, 1.54) is 0 Å². The minimum atomic E-state index is -0.795. The first-order valence-electron chi connectivity index (χ1n) is 5.30. The zero-order chi connectivity index (χ0) is 12.8. The summed E-state index contributed by atoms with van der Waals surface area (Å²) in [5, 5.41) is 12.6. The fourth-order valence-corrected chi connectivity index (χ4v) is 2.00. The van der Waals surface area contributed by atoms with Crippen LogP contribution in [0.5, 0.6) is 0 Å². The second-order valence-electron chi connectivity index (χ2n) is 3.83. The van der Waals surface area contributed by atoms with Gasteiger partial charge in [-0.05, 0) is 24.6 Å². The number of hydrogen-bond donors (Lipinski definition) is 1. The number of anilines is 1. The lowest BCUT2D eigenvalue weighted by molar-refractivity contribution is 0.672. The summed E-state index contributed by atoms with van der Waals surface area (Å²) >= 11 is 6.01. The third-order valence-corrected chi connectivity index (χ3v) is 4.21. The van der Waals surface area contributed by atoms with Crippen molar-refractivity contribution in [2.75, 3.05) is 18.1 Å². The van der Waals surface area contributed by atoms with Crippen LogP contribution in [0.2, 0.25) is 5.02 Å². The first kappa shape index (κ1) is 14.0. The summed E-state index contributed by atoms with van der Waals surface area (Å²) in [7, 11) is -0.795. The summed E-state index contributed by atoms with van der Waals surface area (Å²) in [6.45, 7) is 2.67. The highest BCUT2D eigenvalue weighted by Crippen LogP contribution is 2.22. The van der Waals surface area contributed by atoms with Crippen molar-refractivity contribution in [3.63, 3.8) is 0 Å². The molecule has 2 unspecified atom stereocenters. The minimum absolute atomic E-state index is 0.166. The predicted octanol–water partition coefficient (Wildman–Crippen LogP) is 2.78. The Morgan fingerprint density at radius 2 is 2.29 bits per heavy atom. The molecule has 5 heteroatoms. The van der Waals surface area contributed by atoms with E-state index in [4.69, 9.17) is 16.9 Å². The second kappa shape index (κ2) is 6.63. The Hall–Kier alpha value is -1.05. The number of halogens is 1. The molecule has 0 radical (unpaired) electrons. The van der Waals surface area contributed by atoms with Gasteiger partial charge in [0.1, 0.15) is 0 Å². The lowest BCUT2D eigenvalue weighted by atomic mass is 10.2. The molecular weight excluding hydrogens is 256 g/mol. The standard InChI is InChI=1S/C12H15ClN2OS/c1-9(17(2)16)5-6-15-12-4-3-10(8-14)7-11(12)13/h3-4,7,9,15H,5-6H2,1-2H3. The van der Waals surface area contributed by atoms with Gasteiger partial charge in [0.2, 0.25) is 0 Å². The Morgan fingerprint density at radius 1 is 1.59 bits per heavy atom. The first-order chi connectivity index (χ1) is 8.04. The van der Waals surface area contributed by atoms with E-state index in [-0.39, 0.29) is 5.25 Å². The molecule has 92 valence electrons. The van der Waals surface area contributed by atoms with Gasteiger partial charge in [0.05, 0.1) is 22.3 Å². The number of nitriles is 1. The van der Waals surface area contributed by atoms with Gasteiger partial charge < -0.3 is 5.32 Å². The number of rotatable bonds is 5. The molecule has 1 aromatic carbocycles. The SMILES string of the molecule is CC(CCNc1ccc(C#N)cc1Cl)S(C)=O. The van der Waals surface area contributed by atoms with Gasteiger partial charge in [-0.25, -0.2) is 0 Å². The molecule has 3 nitrogen and oxygen atoms in total. The number of nitrogens with one attached hydrogen (secondary N) is 1. The number of hydrogen-bond acceptors (Lipinski definition) is 3. The molecular formula is C12H15ClN2OS. The lowest BCUT2D eigenvalue weighted by Crippen LogP contribution is -2.14. The average molecular weight is 271 g/mol. The summed E-state index contributed by atoms with van der Waals surface area (Å²) in [6.07, 6.45) is 2.53. The first-order valence-corrected chi connectivity index (χ1v) is 7.30. The van der Waals surface area contributed by atoms with Crippen LogP contribution in [0, 0.1) is 11.3 Å². The summed E-state index contributed by atoms with van der Waals surface area (Å²) < 4.78 is 11.2. The van der Waals surface area contributed by atoms with Crippen molar-refractivity contribution < 1.29 is 4.21 Å². The molecule has 0 fully saturated rings. The highest BCUT2D eigenvalue weighted by atomic mass is 35.5. The topological polar surface area (TPSA) is 52.9 Å². The maximum absolute atomic E-state index is 11.2. The van der Waals surface area contributed by atoms with E-state index in [2.05, 4.69) is 5.32 Å². The van der Waals surface area contributed by atoms with Crippen molar-refractivity contribution in [3.8, 4) is 6.07 Å². The van der Waals surface area contributed by atoms with Crippen LogP contribution in [0.15, 0.2) is 18.2 Å². The highest BCUT2D eigenvalue weighted by molar-refractivity contribution is 7.84. The Kier molecular flexibility index (Phi) is 5.46. The van der Waals surface area contributed by atoms with Gasteiger partial charge >= 0.3 is 0 Å². The fourth-order valence-electron chi connectivity index (χ4n) is 1.30. The summed E-state index contributed by atoms with van der Waals surface area (Å²) in [4.78, 5) is 0. The maximum atomic E-state index is 11.2. The third kappa shape index (κ3) is 4.37. The largest absolute Gasteiger partial charge is 0.384 e. The molecule has 0 amide bonds. The van der Waals surface area contributed by atoms with E-state index < -0.39 is 10.8 Å². The van der Waals surface area contributed by atoms with Gasteiger partial charge in [-0.2, -0.15) is 5.26 Å². The van der Waals surface area contributed by atoms with Gasteiger partial charge in [-0.3, -0.25) is 4.21 Å². The molecule has 0 aliphatic carbocycles. The van der Waals surface area contributed by atoms with Crippen LogP contribution in [0.1, 0.15) is 18.9 Å².